The van der Waals surface area contributed by atoms with Crippen LogP contribution in [0, 0.1) is 0 Å². The number of halogens is 3. The second kappa shape index (κ2) is 36.8. The van der Waals surface area contributed by atoms with Gasteiger partial charge in [0.15, 0.2) is 0 Å². The molecule has 0 aliphatic heterocycles. The molecule has 6 heavy (non-hydrogen) atoms. The van der Waals surface area contributed by atoms with Gasteiger partial charge in [0, 0.05) is 7.11 Å². The minimum atomic E-state index is 0. The first-order chi connectivity index (χ1) is 1.41. The summed E-state index contributed by atoms with van der Waals surface area (Å²) < 4.78 is 4.06. The minimum Gasteiger partial charge on any atom is -0.422 e. The fourth-order valence-corrected chi connectivity index (χ4v) is 0. The summed E-state index contributed by atoms with van der Waals surface area (Å²) in [5.41, 5.74) is 0. The van der Waals surface area contributed by atoms with Gasteiger partial charge in [-0.3, -0.25) is 0 Å². The predicted molar refractivity (Wildman–Crippen MR) is 34.5 cm³/mol. The van der Waals surface area contributed by atoms with Gasteiger partial charge in [0.25, 0.3) is 0 Å². The summed E-state index contributed by atoms with van der Waals surface area (Å²) >= 11 is 0. The van der Waals surface area contributed by atoms with Crippen molar-refractivity contribution in [1.29, 1.82) is 0 Å². The summed E-state index contributed by atoms with van der Waals surface area (Å²) in [6.45, 7) is 0. The molecule has 0 aliphatic carbocycles. The molecule has 0 saturated heterocycles. The number of hydrogen-bond donors (Lipinski definition) is 0. The maximum atomic E-state index is 4.06. The van der Waals surface area contributed by atoms with Crippen LogP contribution >= 0.6 is 37.2 Å². The zero-order valence-electron chi connectivity index (χ0n) is 3.13. The normalized spacial score (nSPS) is 3.00. The van der Waals surface area contributed by atoms with E-state index >= 15 is 0 Å². The standard InChI is InChI=1S/CH3OSi.3ClH/c1-2-3;;;/h1H3;3*1H. The molecule has 41 valence electrons. The van der Waals surface area contributed by atoms with Crippen molar-refractivity contribution in [2.75, 3.05) is 7.11 Å². The van der Waals surface area contributed by atoms with Crippen molar-refractivity contribution in [2.45, 2.75) is 0 Å². The average molecular weight is 169 g/mol. The van der Waals surface area contributed by atoms with E-state index < -0.39 is 0 Å². The van der Waals surface area contributed by atoms with E-state index in [4.69, 9.17) is 0 Å². The molecule has 0 aromatic heterocycles. The van der Waals surface area contributed by atoms with Gasteiger partial charge in [0.1, 0.15) is 0 Å². The van der Waals surface area contributed by atoms with Crippen molar-refractivity contribution < 1.29 is 4.43 Å². The summed E-state index contributed by atoms with van der Waals surface area (Å²) in [4.78, 5) is 0. The lowest BCUT2D eigenvalue weighted by atomic mass is 11.8. The molecule has 0 unspecified atom stereocenters. The van der Waals surface area contributed by atoms with Crippen LogP contribution in [0.15, 0.2) is 0 Å². The molecule has 0 N–H and O–H groups in total. The third-order valence-electron chi connectivity index (χ3n) is 0. The number of rotatable bonds is 0. The van der Waals surface area contributed by atoms with Crippen LogP contribution in [0.4, 0.5) is 0 Å². The monoisotopic (exact) mass is 167 g/mol. The van der Waals surface area contributed by atoms with Gasteiger partial charge in [-0.15, -0.1) is 37.2 Å². The maximum Gasteiger partial charge on any atom is 0.245 e. The Kier molecular flexibility index (Phi) is 170. The van der Waals surface area contributed by atoms with Crippen LogP contribution < -0.4 is 0 Å². The molecule has 0 bridgehead atoms. The Labute approximate surface area is 59.6 Å². The third-order valence-corrected chi connectivity index (χ3v) is 0. The van der Waals surface area contributed by atoms with Crippen molar-refractivity contribution in [1.82, 2.24) is 0 Å². The van der Waals surface area contributed by atoms with Crippen molar-refractivity contribution in [3.05, 3.63) is 0 Å². The summed E-state index contributed by atoms with van der Waals surface area (Å²) in [7, 11) is 4.22. The predicted octanol–water partition coefficient (Wildman–Crippen LogP) is 0.982. The largest absolute Gasteiger partial charge is 0.422 e. The van der Waals surface area contributed by atoms with Crippen LogP contribution in [0.2, 0.25) is 0 Å². The Morgan fingerprint density at radius 1 is 1.17 bits per heavy atom. The highest BCUT2D eigenvalue weighted by atomic mass is 35.5. The topological polar surface area (TPSA) is 9.23 Å². The lowest BCUT2D eigenvalue weighted by molar-refractivity contribution is 0.460. The van der Waals surface area contributed by atoms with Crippen molar-refractivity contribution in [3.8, 4) is 0 Å². The van der Waals surface area contributed by atoms with Crippen LogP contribution in [-0.4, -0.2) is 17.6 Å². The van der Waals surface area contributed by atoms with Gasteiger partial charge < -0.3 is 4.43 Å². The molecule has 0 aromatic carbocycles. The molecule has 1 nitrogen and oxygen atoms in total. The average Bonchev–Trinajstić information content (AvgIpc) is 0.918. The fraction of sp³-hybridized carbons (Fsp3) is 1.00. The molecule has 0 spiro atoms. The van der Waals surface area contributed by atoms with E-state index in [0.717, 1.165) is 0 Å². The molecular weight excluding hydrogens is 162 g/mol. The van der Waals surface area contributed by atoms with Gasteiger partial charge in [0.05, 0.1) is 0 Å². The van der Waals surface area contributed by atoms with Gasteiger partial charge >= 0.3 is 0 Å². The van der Waals surface area contributed by atoms with Gasteiger partial charge in [-0.25, -0.2) is 0 Å². The Morgan fingerprint density at radius 2 is 1.17 bits per heavy atom. The molecular formula is CH6Cl3OSi. The fourth-order valence-electron chi connectivity index (χ4n) is 0. The minimum absolute atomic E-state index is 0. The van der Waals surface area contributed by atoms with E-state index in [2.05, 4.69) is 14.9 Å². The smallest absolute Gasteiger partial charge is 0.245 e. The molecule has 3 radical (unpaired) electrons. The second-order valence-corrected chi connectivity index (χ2v) is 0.612. The maximum absolute atomic E-state index is 4.06. The van der Waals surface area contributed by atoms with Crippen LogP contribution in [0.3, 0.4) is 0 Å². The van der Waals surface area contributed by atoms with E-state index in [9.17, 15) is 0 Å². The Bertz CT molecular complexity index is 10.8. The van der Waals surface area contributed by atoms with Crippen LogP contribution in [0.5, 0.6) is 0 Å². The van der Waals surface area contributed by atoms with Crippen LogP contribution in [-0.2, 0) is 4.43 Å². The number of hydrogen-bond acceptors (Lipinski definition) is 1. The van der Waals surface area contributed by atoms with E-state index in [1.807, 2.05) is 0 Å². The first-order valence-corrected chi connectivity index (χ1v) is 1.02. The van der Waals surface area contributed by atoms with Crippen molar-refractivity contribution >= 4 is 47.7 Å². The van der Waals surface area contributed by atoms with Crippen LogP contribution in [0.25, 0.3) is 0 Å². The van der Waals surface area contributed by atoms with E-state index in [1.54, 1.807) is 0 Å². The van der Waals surface area contributed by atoms with Gasteiger partial charge in [-0.1, -0.05) is 0 Å². The highest BCUT2D eigenvalue weighted by Crippen LogP contribution is 1.24. The Hall–Kier alpha value is 1.05. The summed E-state index contributed by atoms with van der Waals surface area (Å²) in [6, 6.07) is 0. The summed E-state index contributed by atoms with van der Waals surface area (Å²) in [5.74, 6) is 0. The van der Waals surface area contributed by atoms with E-state index in [-0.39, 0.29) is 37.2 Å². The van der Waals surface area contributed by atoms with Crippen molar-refractivity contribution in [3.63, 3.8) is 0 Å². The molecule has 0 amide bonds. The van der Waals surface area contributed by atoms with Crippen LogP contribution in [0.1, 0.15) is 0 Å². The first-order valence-electron chi connectivity index (χ1n) is 0.612. The lowest BCUT2D eigenvalue weighted by Crippen LogP contribution is -1.60. The highest BCUT2D eigenvalue weighted by Gasteiger charge is 1.30. The summed E-state index contributed by atoms with van der Waals surface area (Å²) in [5, 5.41) is 0. The quantitative estimate of drug-likeness (QED) is 0.490. The molecule has 0 saturated carbocycles. The zero-order chi connectivity index (χ0) is 2.71. The highest BCUT2D eigenvalue weighted by molar-refractivity contribution is 5.97. The Balaban J connectivity index is -0.00000000667. The zero-order valence-corrected chi connectivity index (χ0v) is 6.58. The second-order valence-electron chi connectivity index (χ2n) is 0.204. The van der Waals surface area contributed by atoms with Gasteiger partial charge in [-0.05, 0) is 0 Å². The molecule has 0 aromatic rings. The SMILES string of the molecule is CO[Si].Cl.Cl.Cl. The van der Waals surface area contributed by atoms with E-state index in [0.29, 0.717) is 0 Å². The molecule has 0 aliphatic rings. The molecule has 0 fully saturated rings. The molecule has 0 heterocycles. The van der Waals surface area contributed by atoms with E-state index in [1.165, 1.54) is 7.11 Å². The first kappa shape index (κ1) is 27.8. The molecule has 0 rings (SSSR count). The molecule has 5 heteroatoms. The van der Waals surface area contributed by atoms with Gasteiger partial charge in [0.2, 0.25) is 10.5 Å². The van der Waals surface area contributed by atoms with Gasteiger partial charge in [-0.2, -0.15) is 0 Å². The molecule has 0 atom stereocenters. The summed E-state index contributed by atoms with van der Waals surface area (Å²) in [6.07, 6.45) is 0. The van der Waals surface area contributed by atoms with Crippen molar-refractivity contribution in [2.24, 2.45) is 0 Å². The lowest BCUT2D eigenvalue weighted by Gasteiger charge is -1.59. The third kappa shape index (κ3) is 75.4. The Morgan fingerprint density at radius 3 is 1.17 bits per heavy atom.